The summed E-state index contributed by atoms with van der Waals surface area (Å²) in [6.07, 6.45) is 0. The summed E-state index contributed by atoms with van der Waals surface area (Å²) in [5, 5.41) is 3.70. The molecule has 0 spiro atoms. The Labute approximate surface area is 197 Å². The lowest BCUT2D eigenvalue weighted by Gasteiger charge is -2.17. The highest BCUT2D eigenvalue weighted by Gasteiger charge is 2.39. The largest absolute Gasteiger partial charge is 0.493 e. The molecule has 0 aromatic heterocycles. The number of halogens is 1. The molecule has 2 amide bonds. The zero-order valence-corrected chi connectivity index (χ0v) is 19.3. The van der Waals surface area contributed by atoms with Crippen molar-refractivity contribution in [3.8, 4) is 11.5 Å². The van der Waals surface area contributed by atoms with Crippen molar-refractivity contribution in [2.75, 3.05) is 19.5 Å². The summed E-state index contributed by atoms with van der Waals surface area (Å²) in [4.78, 5) is 28.1. The maximum Gasteiger partial charge on any atom is 0.278 e. The molecule has 0 fully saturated rings. The van der Waals surface area contributed by atoms with E-state index in [0.717, 1.165) is 11.1 Å². The van der Waals surface area contributed by atoms with Crippen LogP contribution in [0.3, 0.4) is 0 Å². The van der Waals surface area contributed by atoms with E-state index in [-0.39, 0.29) is 18.1 Å². The summed E-state index contributed by atoms with van der Waals surface area (Å²) >= 11 is 6.27. The summed E-state index contributed by atoms with van der Waals surface area (Å²) < 4.78 is 10.6. The van der Waals surface area contributed by atoms with E-state index in [1.807, 2.05) is 49.4 Å². The van der Waals surface area contributed by atoms with Gasteiger partial charge in [-0.3, -0.25) is 14.5 Å². The Morgan fingerprint density at radius 2 is 1.61 bits per heavy atom. The first-order valence-corrected chi connectivity index (χ1v) is 10.7. The van der Waals surface area contributed by atoms with Gasteiger partial charge in [-0.05, 0) is 47.9 Å². The lowest BCUT2D eigenvalue weighted by atomic mass is 10.0. The minimum absolute atomic E-state index is 0.0915. The number of methoxy groups -OCH3 is 2. The van der Waals surface area contributed by atoms with Crippen LogP contribution in [0.2, 0.25) is 5.02 Å². The number of anilines is 1. The molecule has 0 atom stereocenters. The fraction of sp³-hybridized carbons (Fsp3) is 0.154. The summed E-state index contributed by atoms with van der Waals surface area (Å²) in [6, 6.07) is 19.9. The monoisotopic (exact) mass is 462 g/mol. The molecule has 4 rings (SSSR count). The number of hydrogen-bond donors (Lipinski definition) is 1. The fourth-order valence-corrected chi connectivity index (χ4v) is 3.87. The molecular weight excluding hydrogens is 440 g/mol. The fourth-order valence-electron chi connectivity index (χ4n) is 3.68. The van der Waals surface area contributed by atoms with Gasteiger partial charge >= 0.3 is 0 Å². The quantitative estimate of drug-likeness (QED) is 0.497. The molecule has 1 heterocycles. The predicted octanol–water partition coefficient (Wildman–Crippen LogP) is 5.06. The number of amides is 2. The van der Waals surface area contributed by atoms with Gasteiger partial charge in [-0.25, -0.2) is 0 Å². The van der Waals surface area contributed by atoms with Crippen molar-refractivity contribution in [1.29, 1.82) is 0 Å². The van der Waals surface area contributed by atoms with Crippen LogP contribution in [-0.4, -0.2) is 30.9 Å². The van der Waals surface area contributed by atoms with Crippen molar-refractivity contribution < 1.29 is 19.1 Å². The van der Waals surface area contributed by atoms with Crippen molar-refractivity contribution in [3.05, 3.63) is 94.1 Å². The predicted molar refractivity (Wildman–Crippen MR) is 128 cm³/mol. The molecule has 33 heavy (non-hydrogen) atoms. The second kappa shape index (κ2) is 9.38. The van der Waals surface area contributed by atoms with Crippen LogP contribution >= 0.6 is 11.6 Å². The minimum Gasteiger partial charge on any atom is -0.493 e. The van der Waals surface area contributed by atoms with Crippen molar-refractivity contribution in [2.24, 2.45) is 0 Å². The van der Waals surface area contributed by atoms with Crippen LogP contribution in [0.1, 0.15) is 16.7 Å². The number of hydrogen-bond acceptors (Lipinski definition) is 5. The van der Waals surface area contributed by atoms with Crippen LogP contribution in [-0.2, 0) is 16.1 Å². The topological polar surface area (TPSA) is 67.9 Å². The summed E-state index contributed by atoms with van der Waals surface area (Å²) in [5.74, 6) is 0.312. The van der Waals surface area contributed by atoms with E-state index in [0.29, 0.717) is 33.3 Å². The van der Waals surface area contributed by atoms with Crippen LogP contribution < -0.4 is 14.8 Å². The Morgan fingerprint density at radius 1 is 0.879 bits per heavy atom. The van der Waals surface area contributed by atoms with Crippen LogP contribution in [0, 0.1) is 6.92 Å². The van der Waals surface area contributed by atoms with Crippen LogP contribution in [0.5, 0.6) is 11.5 Å². The average molecular weight is 463 g/mol. The maximum atomic E-state index is 13.4. The van der Waals surface area contributed by atoms with E-state index < -0.39 is 5.91 Å². The third kappa shape index (κ3) is 4.43. The Morgan fingerprint density at radius 3 is 2.27 bits per heavy atom. The molecule has 1 N–H and O–H groups in total. The number of ether oxygens (including phenoxy) is 2. The molecule has 168 valence electrons. The third-order valence-corrected chi connectivity index (χ3v) is 5.87. The number of carbonyl (C=O) groups is 2. The lowest BCUT2D eigenvalue weighted by molar-refractivity contribution is -0.137. The summed E-state index contributed by atoms with van der Waals surface area (Å²) in [6.45, 7) is 1.99. The lowest BCUT2D eigenvalue weighted by Crippen LogP contribution is -2.32. The molecule has 1 aliphatic rings. The number of rotatable bonds is 7. The molecular formula is C26H23ClN2O4. The average Bonchev–Trinajstić information content (AvgIpc) is 3.06. The molecule has 0 radical (unpaired) electrons. The number of nitrogens with one attached hydrogen (secondary N) is 1. The van der Waals surface area contributed by atoms with Gasteiger partial charge in [0.25, 0.3) is 11.8 Å². The van der Waals surface area contributed by atoms with Gasteiger partial charge in [0.05, 0.1) is 26.3 Å². The second-order valence-corrected chi connectivity index (χ2v) is 8.00. The van der Waals surface area contributed by atoms with E-state index in [9.17, 15) is 9.59 Å². The van der Waals surface area contributed by atoms with E-state index >= 15 is 0 Å². The van der Waals surface area contributed by atoms with Gasteiger partial charge in [-0.2, -0.15) is 0 Å². The van der Waals surface area contributed by atoms with Gasteiger partial charge in [0.2, 0.25) is 0 Å². The molecule has 6 nitrogen and oxygen atoms in total. The van der Waals surface area contributed by atoms with Crippen LogP contribution in [0.4, 0.5) is 5.69 Å². The van der Waals surface area contributed by atoms with Gasteiger partial charge in [-0.1, -0.05) is 54.1 Å². The number of carbonyl (C=O) groups excluding carboxylic acids is 2. The molecule has 3 aromatic rings. The molecule has 3 aromatic carbocycles. The van der Waals surface area contributed by atoms with E-state index in [4.69, 9.17) is 21.1 Å². The Hall–Kier alpha value is -3.77. The van der Waals surface area contributed by atoms with E-state index in [2.05, 4.69) is 5.32 Å². The van der Waals surface area contributed by atoms with Gasteiger partial charge in [0, 0.05) is 10.7 Å². The zero-order valence-electron chi connectivity index (χ0n) is 18.5. The number of aryl methyl sites for hydroxylation is 1. The molecule has 0 saturated heterocycles. The smallest absolute Gasteiger partial charge is 0.278 e. The van der Waals surface area contributed by atoms with Crippen molar-refractivity contribution in [3.63, 3.8) is 0 Å². The molecule has 1 aliphatic heterocycles. The Kier molecular flexibility index (Phi) is 6.38. The highest BCUT2D eigenvalue weighted by molar-refractivity contribution is 6.36. The van der Waals surface area contributed by atoms with E-state index in [1.54, 1.807) is 31.4 Å². The number of benzene rings is 3. The SMILES string of the molecule is COc1ccc(CN2C(=O)C(Nc3ccc(C)c(Cl)c3)=C(c3ccccc3)C2=O)cc1OC. The Bertz CT molecular complexity index is 1250. The first-order chi connectivity index (χ1) is 15.9. The first-order valence-electron chi connectivity index (χ1n) is 10.3. The molecule has 7 heteroatoms. The first kappa shape index (κ1) is 22.4. The number of nitrogens with zero attached hydrogens (tertiary/aromatic N) is 1. The summed E-state index contributed by atoms with van der Waals surface area (Å²) in [5.41, 5.74) is 3.48. The number of imide groups is 1. The second-order valence-electron chi connectivity index (χ2n) is 7.59. The Balaban J connectivity index is 1.71. The zero-order chi connectivity index (χ0) is 23.5. The highest BCUT2D eigenvalue weighted by Crippen LogP contribution is 2.34. The molecule has 0 aliphatic carbocycles. The van der Waals surface area contributed by atoms with Gasteiger partial charge in [-0.15, -0.1) is 0 Å². The van der Waals surface area contributed by atoms with Gasteiger partial charge in [0.15, 0.2) is 11.5 Å². The highest BCUT2D eigenvalue weighted by atomic mass is 35.5. The van der Waals surface area contributed by atoms with Crippen molar-refractivity contribution in [2.45, 2.75) is 13.5 Å². The normalized spacial score (nSPS) is 13.5. The van der Waals surface area contributed by atoms with Gasteiger partial charge < -0.3 is 14.8 Å². The molecule has 0 bridgehead atoms. The van der Waals surface area contributed by atoms with Crippen LogP contribution in [0.15, 0.2) is 72.4 Å². The van der Waals surface area contributed by atoms with Crippen LogP contribution in [0.25, 0.3) is 5.57 Å². The van der Waals surface area contributed by atoms with Crippen molar-refractivity contribution >= 4 is 34.7 Å². The van der Waals surface area contributed by atoms with E-state index in [1.165, 1.54) is 12.0 Å². The molecule has 0 saturated carbocycles. The minimum atomic E-state index is -0.412. The molecule has 0 unspecified atom stereocenters. The standard InChI is InChI=1S/C26H23ClN2O4/c1-16-9-11-19(14-20(16)27)28-24-23(18-7-5-4-6-8-18)25(30)29(26(24)31)15-17-10-12-21(32-2)22(13-17)33-3/h4-14,28H,15H2,1-3H3. The maximum absolute atomic E-state index is 13.4. The van der Waals surface area contributed by atoms with Crippen molar-refractivity contribution in [1.82, 2.24) is 4.90 Å². The third-order valence-electron chi connectivity index (χ3n) is 5.46. The summed E-state index contributed by atoms with van der Waals surface area (Å²) in [7, 11) is 3.09. The van der Waals surface area contributed by atoms with Gasteiger partial charge in [0.1, 0.15) is 5.70 Å².